The number of H-pyrrole nitrogens is 1. The molecule has 2 heterocycles. The predicted molar refractivity (Wildman–Crippen MR) is 90.7 cm³/mol. The highest BCUT2D eigenvalue weighted by atomic mass is 16.5. The number of hydrogen-bond donors (Lipinski definition) is 3. The van der Waals surface area contributed by atoms with Gasteiger partial charge < -0.3 is 14.3 Å². The Morgan fingerprint density at radius 2 is 2.20 bits per heavy atom. The fourth-order valence-electron chi connectivity index (χ4n) is 2.14. The molecule has 25 heavy (non-hydrogen) atoms. The number of carbonyl (C=O) groups excluding carboxylic acids is 1. The summed E-state index contributed by atoms with van der Waals surface area (Å²) in [7, 11) is 1.45. The molecular formula is C17H16N4O4. The summed E-state index contributed by atoms with van der Waals surface area (Å²) < 4.78 is 10.5. The molecular weight excluding hydrogens is 324 g/mol. The standard InChI is InChI=1S/C17H16N4O4/c1-10-3-6-15(25-10)12-8-13(20-19-12)17(23)21-18-9-11-4-5-14(22)16(7-11)24-2/h3-9,22H,1-2H3,(H,19,20)(H,21,23)/b18-9+. The number of nitrogens with zero attached hydrogens (tertiary/aromatic N) is 2. The number of carbonyl (C=O) groups is 1. The molecule has 0 aliphatic heterocycles. The Hall–Kier alpha value is -3.55. The predicted octanol–water partition coefficient (Wildman–Crippen LogP) is 2.46. The van der Waals surface area contributed by atoms with Gasteiger partial charge in [-0.05, 0) is 42.8 Å². The number of methoxy groups -OCH3 is 1. The van der Waals surface area contributed by atoms with Gasteiger partial charge in [-0.2, -0.15) is 10.2 Å². The minimum atomic E-state index is -0.465. The molecule has 8 heteroatoms. The number of rotatable bonds is 5. The van der Waals surface area contributed by atoms with Crippen molar-refractivity contribution in [3.8, 4) is 23.0 Å². The molecule has 128 valence electrons. The van der Waals surface area contributed by atoms with Gasteiger partial charge in [0.2, 0.25) is 0 Å². The van der Waals surface area contributed by atoms with Gasteiger partial charge in [0, 0.05) is 6.07 Å². The number of hydrazone groups is 1. The number of furan rings is 1. The first-order chi connectivity index (χ1) is 12.1. The first-order valence-corrected chi connectivity index (χ1v) is 7.39. The summed E-state index contributed by atoms with van der Waals surface area (Å²) in [5, 5.41) is 20.1. The number of aromatic hydroxyl groups is 1. The van der Waals surface area contributed by atoms with E-state index in [1.807, 2.05) is 13.0 Å². The highest BCUT2D eigenvalue weighted by Crippen LogP contribution is 2.25. The molecule has 1 amide bonds. The van der Waals surface area contributed by atoms with Crippen molar-refractivity contribution < 1.29 is 19.1 Å². The number of aromatic amines is 1. The van der Waals surface area contributed by atoms with Crippen LogP contribution in [0.5, 0.6) is 11.5 Å². The lowest BCUT2D eigenvalue weighted by Crippen LogP contribution is -2.18. The molecule has 1 aromatic carbocycles. The van der Waals surface area contributed by atoms with Crippen LogP contribution < -0.4 is 10.2 Å². The number of ether oxygens (including phenoxy) is 1. The molecule has 0 saturated carbocycles. The van der Waals surface area contributed by atoms with E-state index in [4.69, 9.17) is 9.15 Å². The van der Waals surface area contributed by atoms with E-state index in [9.17, 15) is 9.90 Å². The number of aryl methyl sites for hydroxylation is 1. The number of phenols is 1. The van der Waals surface area contributed by atoms with Gasteiger partial charge in [-0.25, -0.2) is 5.43 Å². The van der Waals surface area contributed by atoms with Gasteiger partial charge in [-0.15, -0.1) is 0 Å². The fourth-order valence-corrected chi connectivity index (χ4v) is 2.14. The van der Waals surface area contributed by atoms with Crippen molar-refractivity contribution >= 4 is 12.1 Å². The average Bonchev–Trinajstić information content (AvgIpc) is 3.25. The van der Waals surface area contributed by atoms with Crippen molar-refractivity contribution in [3.05, 3.63) is 53.4 Å². The van der Waals surface area contributed by atoms with Crippen LogP contribution in [-0.2, 0) is 0 Å². The Kier molecular flexibility index (Phi) is 4.51. The lowest BCUT2D eigenvalue weighted by Gasteiger charge is -2.03. The highest BCUT2D eigenvalue weighted by molar-refractivity contribution is 5.94. The van der Waals surface area contributed by atoms with Crippen molar-refractivity contribution in [2.24, 2.45) is 5.10 Å². The monoisotopic (exact) mass is 340 g/mol. The maximum atomic E-state index is 12.1. The molecule has 0 saturated heterocycles. The highest BCUT2D eigenvalue weighted by Gasteiger charge is 2.12. The zero-order chi connectivity index (χ0) is 17.8. The van der Waals surface area contributed by atoms with Gasteiger partial charge in [-0.1, -0.05) is 0 Å². The molecule has 8 nitrogen and oxygen atoms in total. The quantitative estimate of drug-likeness (QED) is 0.488. The number of phenolic OH excluding ortho intramolecular Hbond substituents is 1. The normalized spacial score (nSPS) is 11.0. The van der Waals surface area contributed by atoms with Gasteiger partial charge in [0.05, 0.1) is 13.3 Å². The Morgan fingerprint density at radius 3 is 2.92 bits per heavy atom. The van der Waals surface area contributed by atoms with E-state index in [1.165, 1.54) is 19.4 Å². The van der Waals surface area contributed by atoms with Gasteiger partial charge in [0.15, 0.2) is 23.0 Å². The molecule has 0 fully saturated rings. The Labute approximate surface area is 143 Å². The molecule has 2 aromatic heterocycles. The van der Waals surface area contributed by atoms with Crippen LogP contribution in [0.2, 0.25) is 0 Å². The van der Waals surface area contributed by atoms with Crippen molar-refractivity contribution in [1.82, 2.24) is 15.6 Å². The Morgan fingerprint density at radius 1 is 1.36 bits per heavy atom. The third-order valence-electron chi connectivity index (χ3n) is 3.40. The number of hydrogen-bond acceptors (Lipinski definition) is 6. The average molecular weight is 340 g/mol. The van der Waals surface area contributed by atoms with Crippen molar-refractivity contribution in [2.75, 3.05) is 7.11 Å². The molecule has 0 aliphatic carbocycles. The second kappa shape index (κ2) is 6.91. The molecule has 0 aliphatic rings. The largest absolute Gasteiger partial charge is 0.504 e. The van der Waals surface area contributed by atoms with Gasteiger partial charge in [0.25, 0.3) is 5.91 Å². The van der Waals surface area contributed by atoms with Gasteiger partial charge in [-0.3, -0.25) is 9.89 Å². The van der Waals surface area contributed by atoms with E-state index < -0.39 is 5.91 Å². The SMILES string of the molecule is COc1cc(/C=N/NC(=O)c2cc(-c3ccc(C)o3)[nH]n2)ccc1O. The number of amides is 1. The number of benzene rings is 1. The summed E-state index contributed by atoms with van der Waals surface area (Å²) >= 11 is 0. The summed E-state index contributed by atoms with van der Waals surface area (Å²) in [6.45, 7) is 1.83. The van der Waals surface area contributed by atoms with Crippen LogP contribution in [0.1, 0.15) is 21.8 Å². The molecule has 0 atom stereocenters. The van der Waals surface area contributed by atoms with Crippen LogP contribution in [0, 0.1) is 6.92 Å². The van der Waals surface area contributed by atoms with E-state index in [0.29, 0.717) is 22.8 Å². The van der Waals surface area contributed by atoms with Crippen LogP contribution in [0.3, 0.4) is 0 Å². The minimum Gasteiger partial charge on any atom is -0.504 e. The van der Waals surface area contributed by atoms with E-state index in [-0.39, 0.29) is 11.4 Å². The first kappa shape index (κ1) is 16.3. The van der Waals surface area contributed by atoms with Crippen molar-refractivity contribution in [3.63, 3.8) is 0 Å². The van der Waals surface area contributed by atoms with Crippen LogP contribution in [-0.4, -0.2) is 34.5 Å². The topological polar surface area (TPSA) is 113 Å². The zero-order valence-electron chi connectivity index (χ0n) is 13.6. The smallest absolute Gasteiger partial charge is 0.291 e. The van der Waals surface area contributed by atoms with E-state index in [0.717, 1.165) is 5.76 Å². The molecule has 0 bridgehead atoms. The maximum Gasteiger partial charge on any atom is 0.291 e. The lowest BCUT2D eigenvalue weighted by molar-refractivity contribution is 0.0950. The number of nitrogens with one attached hydrogen (secondary N) is 2. The summed E-state index contributed by atoms with van der Waals surface area (Å²) in [6, 6.07) is 9.91. The van der Waals surface area contributed by atoms with Crippen molar-refractivity contribution in [2.45, 2.75) is 6.92 Å². The molecule has 0 radical (unpaired) electrons. The zero-order valence-corrected chi connectivity index (χ0v) is 13.6. The van der Waals surface area contributed by atoms with Crippen LogP contribution in [0.25, 0.3) is 11.5 Å². The summed E-state index contributed by atoms with van der Waals surface area (Å²) in [4.78, 5) is 12.1. The van der Waals surface area contributed by atoms with Gasteiger partial charge in [0.1, 0.15) is 11.5 Å². The summed E-state index contributed by atoms with van der Waals surface area (Å²) in [5.41, 5.74) is 3.83. The van der Waals surface area contributed by atoms with Crippen LogP contribution >= 0.6 is 0 Å². The maximum absolute atomic E-state index is 12.1. The fraction of sp³-hybridized carbons (Fsp3) is 0.118. The van der Waals surface area contributed by atoms with Crippen molar-refractivity contribution in [1.29, 1.82) is 0 Å². The molecule has 3 rings (SSSR count). The third-order valence-corrected chi connectivity index (χ3v) is 3.40. The Balaban J connectivity index is 1.66. The second-order valence-corrected chi connectivity index (χ2v) is 5.21. The molecule has 0 unspecified atom stereocenters. The third kappa shape index (κ3) is 3.69. The summed E-state index contributed by atoms with van der Waals surface area (Å²) in [5.74, 6) is 1.25. The van der Waals surface area contributed by atoms with E-state index in [2.05, 4.69) is 20.7 Å². The molecule has 0 spiro atoms. The Bertz CT molecular complexity index is 926. The molecule has 3 aromatic rings. The van der Waals surface area contributed by atoms with Crippen LogP contribution in [0.4, 0.5) is 0 Å². The summed E-state index contributed by atoms with van der Waals surface area (Å²) in [6.07, 6.45) is 1.43. The van der Waals surface area contributed by atoms with E-state index in [1.54, 1.807) is 24.3 Å². The van der Waals surface area contributed by atoms with E-state index >= 15 is 0 Å². The van der Waals surface area contributed by atoms with Gasteiger partial charge >= 0.3 is 0 Å². The first-order valence-electron chi connectivity index (χ1n) is 7.39. The number of aromatic nitrogens is 2. The molecule has 3 N–H and O–H groups in total. The van der Waals surface area contributed by atoms with Crippen LogP contribution in [0.15, 0.2) is 45.9 Å². The minimum absolute atomic E-state index is 0.0286. The lowest BCUT2D eigenvalue weighted by atomic mass is 10.2. The second-order valence-electron chi connectivity index (χ2n) is 5.21.